The first-order valence-corrected chi connectivity index (χ1v) is 5.03. The zero-order valence-corrected chi connectivity index (χ0v) is 10.0. The fraction of sp³-hybridized carbons (Fsp3) is 0.167. The van der Waals surface area contributed by atoms with Crippen LogP contribution < -0.4 is 5.73 Å². The molecule has 88 valence electrons. The van der Waals surface area contributed by atoms with Crippen molar-refractivity contribution in [3.8, 4) is 6.07 Å². The molecule has 0 saturated carbocycles. The lowest BCUT2D eigenvalue weighted by Gasteiger charge is -2.03. The Morgan fingerprint density at radius 1 is 1.35 bits per heavy atom. The Balaban J connectivity index is 0.00000144. The Labute approximate surface area is 106 Å². The Morgan fingerprint density at radius 2 is 2.12 bits per heavy atom. The summed E-state index contributed by atoms with van der Waals surface area (Å²) < 4.78 is 1.79. The topological polar surface area (TPSA) is 67.6 Å². The van der Waals surface area contributed by atoms with Crippen LogP contribution in [0.25, 0.3) is 0 Å². The van der Waals surface area contributed by atoms with E-state index in [0.29, 0.717) is 18.7 Å². The van der Waals surface area contributed by atoms with Crippen molar-refractivity contribution in [3.63, 3.8) is 0 Å². The maximum absolute atomic E-state index is 8.95. The second kappa shape index (κ2) is 6.04. The highest BCUT2D eigenvalue weighted by atomic mass is 35.5. The molecule has 0 aliphatic heterocycles. The Hall–Kier alpha value is -1.83. The van der Waals surface area contributed by atoms with Crippen LogP contribution in [0, 0.1) is 11.3 Å². The van der Waals surface area contributed by atoms with Gasteiger partial charge >= 0.3 is 0 Å². The summed E-state index contributed by atoms with van der Waals surface area (Å²) in [7, 11) is 0. The first-order valence-electron chi connectivity index (χ1n) is 5.03. The average molecular weight is 249 g/mol. The third kappa shape index (κ3) is 3.06. The molecule has 0 bridgehead atoms. The summed E-state index contributed by atoms with van der Waals surface area (Å²) >= 11 is 0. The molecule has 0 spiro atoms. The zero-order chi connectivity index (χ0) is 11.4. The number of hydrogen-bond acceptors (Lipinski definition) is 3. The fourth-order valence-corrected chi connectivity index (χ4v) is 1.54. The van der Waals surface area contributed by atoms with E-state index in [1.165, 1.54) is 0 Å². The van der Waals surface area contributed by atoms with Gasteiger partial charge in [-0.3, -0.25) is 4.68 Å². The van der Waals surface area contributed by atoms with Gasteiger partial charge in [0.25, 0.3) is 0 Å². The molecule has 0 radical (unpaired) electrons. The van der Waals surface area contributed by atoms with Crippen molar-refractivity contribution in [2.24, 2.45) is 5.73 Å². The van der Waals surface area contributed by atoms with Gasteiger partial charge in [0.2, 0.25) is 0 Å². The number of benzene rings is 1. The Bertz CT molecular complexity index is 527. The number of hydrogen-bond donors (Lipinski definition) is 1. The molecule has 1 aromatic heterocycles. The largest absolute Gasteiger partial charge is 0.326 e. The molecular formula is C12H13ClN4. The number of nitriles is 1. The number of halogens is 1. The molecule has 0 fully saturated rings. The predicted molar refractivity (Wildman–Crippen MR) is 67.6 cm³/mol. The molecule has 4 nitrogen and oxygen atoms in total. The summed E-state index contributed by atoms with van der Waals surface area (Å²) in [5.41, 5.74) is 8.16. The van der Waals surface area contributed by atoms with E-state index in [1.54, 1.807) is 10.9 Å². The van der Waals surface area contributed by atoms with E-state index in [9.17, 15) is 0 Å². The molecule has 0 amide bonds. The van der Waals surface area contributed by atoms with Gasteiger partial charge in [0, 0.05) is 18.3 Å². The van der Waals surface area contributed by atoms with Crippen LogP contribution in [0.3, 0.4) is 0 Å². The zero-order valence-electron chi connectivity index (χ0n) is 9.21. The van der Waals surface area contributed by atoms with Crippen molar-refractivity contribution >= 4 is 12.4 Å². The van der Waals surface area contributed by atoms with Crippen molar-refractivity contribution in [2.75, 3.05) is 0 Å². The lowest BCUT2D eigenvalue weighted by Crippen LogP contribution is -2.02. The molecule has 2 rings (SSSR count). The van der Waals surface area contributed by atoms with Crippen molar-refractivity contribution < 1.29 is 0 Å². The van der Waals surface area contributed by atoms with Crippen LogP contribution in [0.5, 0.6) is 0 Å². The Morgan fingerprint density at radius 3 is 2.76 bits per heavy atom. The third-order valence-electron chi connectivity index (χ3n) is 2.39. The van der Waals surface area contributed by atoms with E-state index in [4.69, 9.17) is 11.0 Å². The van der Waals surface area contributed by atoms with E-state index in [2.05, 4.69) is 11.2 Å². The van der Waals surface area contributed by atoms with Crippen LogP contribution in [0.2, 0.25) is 0 Å². The molecule has 2 aromatic rings. The van der Waals surface area contributed by atoms with E-state index in [-0.39, 0.29) is 12.4 Å². The Kier molecular flexibility index (Phi) is 4.70. The highest BCUT2D eigenvalue weighted by molar-refractivity contribution is 5.85. The van der Waals surface area contributed by atoms with Gasteiger partial charge < -0.3 is 5.73 Å². The molecule has 17 heavy (non-hydrogen) atoms. The van der Waals surface area contributed by atoms with Gasteiger partial charge in [0.1, 0.15) is 0 Å². The molecule has 0 unspecified atom stereocenters. The van der Waals surface area contributed by atoms with E-state index in [0.717, 1.165) is 11.1 Å². The average Bonchev–Trinajstić information content (AvgIpc) is 2.77. The van der Waals surface area contributed by atoms with Gasteiger partial charge in [-0.15, -0.1) is 12.4 Å². The van der Waals surface area contributed by atoms with Crippen LogP contribution in [0.1, 0.15) is 16.7 Å². The normalized spacial score (nSPS) is 9.41. The lowest BCUT2D eigenvalue weighted by molar-refractivity contribution is 0.685. The first kappa shape index (κ1) is 13.2. The first-order chi connectivity index (χ1) is 7.83. The number of aromatic nitrogens is 2. The highest BCUT2D eigenvalue weighted by Crippen LogP contribution is 2.09. The molecular weight excluding hydrogens is 236 g/mol. The van der Waals surface area contributed by atoms with Gasteiger partial charge in [0.15, 0.2) is 0 Å². The van der Waals surface area contributed by atoms with Gasteiger partial charge in [0.05, 0.1) is 24.4 Å². The van der Waals surface area contributed by atoms with Gasteiger partial charge in [-0.05, 0) is 11.6 Å². The quantitative estimate of drug-likeness (QED) is 0.899. The fourth-order valence-electron chi connectivity index (χ4n) is 1.54. The minimum atomic E-state index is 0. The van der Waals surface area contributed by atoms with Crippen molar-refractivity contribution in [1.82, 2.24) is 9.78 Å². The van der Waals surface area contributed by atoms with Gasteiger partial charge in [-0.2, -0.15) is 10.4 Å². The van der Waals surface area contributed by atoms with Gasteiger partial charge in [-0.25, -0.2) is 0 Å². The smallest absolute Gasteiger partial charge is 0.0995 e. The second-order valence-corrected chi connectivity index (χ2v) is 3.52. The van der Waals surface area contributed by atoms with Crippen molar-refractivity contribution in [1.29, 1.82) is 5.26 Å². The molecule has 5 heteroatoms. The maximum atomic E-state index is 8.95. The summed E-state index contributed by atoms with van der Waals surface area (Å²) in [5, 5.41) is 13.1. The summed E-state index contributed by atoms with van der Waals surface area (Å²) in [6, 6.07) is 9.69. The standard InChI is InChI=1S/C12H12N4.ClH/c13-5-10-7-15-16(8-10)9-12-4-2-1-3-11(12)6-14;/h1-4,7-8H,5,9,13H2;1H. The van der Waals surface area contributed by atoms with Crippen molar-refractivity contribution in [3.05, 3.63) is 53.3 Å². The van der Waals surface area contributed by atoms with E-state index >= 15 is 0 Å². The summed E-state index contributed by atoms with van der Waals surface area (Å²) in [6.07, 6.45) is 3.64. The van der Waals surface area contributed by atoms with Gasteiger partial charge in [-0.1, -0.05) is 18.2 Å². The van der Waals surface area contributed by atoms with Crippen LogP contribution in [-0.4, -0.2) is 9.78 Å². The predicted octanol–water partition coefficient (Wildman–Crippen LogP) is 1.68. The molecule has 1 aromatic carbocycles. The minimum Gasteiger partial charge on any atom is -0.326 e. The van der Waals surface area contributed by atoms with E-state index in [1.807, 2.05) is 30.5 Å². The molecule has 0 aliphatic rings. The van der Waals surface area contributed by atoms with Crippen molar-refractivity contribution in [2.45, 2.75) is 13.1 Å². The monoisotopic (exact) mass is 248 g/mol. The number of rotatable bonds is 3. The molecule has 0 aliphatic carbocycles. The molecule has 0 saturated heterocycles. The maximum Gasteiger partial charge on any atom is 0.0995 e. The molecule has 2 N–H and O–H groups in total. The lowest BCUT2D eigenvalue weighted by atomic mass is 10.1. The van der Waals surface area contributed by atoms with Crippen LogP contribution >= 0.6 is 12.4 Å². The molecule has 1 heterocycles. The third-order valence-corrected chi connectivity index (χ3v) is 2.39. The molecule has 0 atom stereocenters. The summed E-state index contributed by atoms with van der Waals surface area (Å²) in [6.45, 7) is 1.09. The second-order valence-electron chi connectivity index (χ2n) is 3.52. The summed E-state index contributed by atoms with van der Waals surface area (Å²) in [4.78, 5) is 0. The van der Waals surface area contributed by atoms with Crippen LogP contribution in [-0.2, 0) is 13.1 Å². The van der Waals surface area contributed by atoms with Crippen LogP contribution in [0.4, 0.5) is 0 Å². The highest BCUT2D eigenvalue weighted by Gasteiger charge is 2.02. The van der Waals surface area contributed by atoms with Crippen LogP contribution in [0.15, 0.2) is 36.7 Å². The number of nitrogens with two attached hydrogens (primary N) is 1. The number of nitrogens with zero attached hydrogens (tertiary/aromatic N) is 3. The SMILES string of the molecule is Cl.N#Cc1ccccc1Cn1cc(CN)cn1. The summed E-state index contributed by atoms with van der Waals surface area (Å²) in [5.74, 6) is 0. The minimum absolute atomic E-state index is 0. The van der Waals surface area contributed by atoms with E-state index < -0.39 is 0 Å².